The van der Waals surface area contributed by atoms with Gasteiger partial charge >= 0.3 is 0 Å². The maximum Gasteiger partial charge on any atom is 0.191 e. The fraction of sp³-hybridized carbons (Fsp3) is 0.737. The minimum Gasteiger partial charge on any atom is -0.357 e. The average Bonchev–Trinajstić information content (AvgIpc) is 3.08. The van der Waals surface area contributed by atoms with Crippen LogP contribution in [-0.4, -0.2) is 49.6 Å². The van der Waals surface area contributed by atoms with Crippen LogP contribution in [0.4, 0.5) is 0 Å². The van der Waals surface area contributed by atoms with E-state index in [-0.39, 0.29) is 0 Å². The Kier molecular flexibility index (Phi) is 8.06. The molecule has 2 rings (SSSR count). The lowest BCUT2D eigenvalue weighted by molar-refractivity contribution is 0.187. The molecule has 2 N–H and O–H groups in total. The summed E-state index contributed by atoms with van der Waals surface area (Å²) >= 11 is 1.76. The number of rotatable bonds is 7. The fourth-order valence-corrected chi connectivity index (χ4v) is 3.96. The normalized spacial score (nSPS) is 18.8. The molecule has 0 aromatic carbocycles. The van der Waals surface area contributed by atoms with E-state index < -0.39 is 0 Å². The van der Waals surface area contributed by atoms with E-state index in [1.54, 1.807) is 11.3 Å². The Hall–Kier alpha value is -1.07. The van der Waals surface area contributed by atoms with Crippen molar-refractivity contribution >= 4 is 17.3 Å². The third-order valence-electron chi connectivity index (χ3n) is 4.53. The van der Waals surface area contributed by atoms with Gasteiger partial charge in [-0.3, -0.25) is 4.99 Å². The molecule has 24 heavy (non-hydrogen) atoms. The predicted molar refractivity (Wildman–Crippen MR) is 106 cm³/mol. The fourth-order valence-electron chi connectivity index (χ4n) is 3.18. The van der Waals surface area contributed by atoms with Crippen molar-refractivity contribution in [1.82, 2.24) is 15.5 Å². The minimum atomic E-state index is 0.472. The van der Waals surface area contributed by atoms with Crippen molar-refractivity contribution in [3.63, 3.8) is 0 Å². The number of likely N-dealkylation sites (tertiary alicyclic amines) is 1. The van der Waals surface area contributed by atoms with E-state index in [2.05, 4.69) is 60.1 Å². The molecular weight excluding hydrogens is 316 g/mol. The molecule has 1 fully saturated rings. The first kappa shape index (κ1) is 19.3. The smallest absolute Gasteiger partial charge is 0.191 e. The van der Waals surface area contributed by atoms with Gasteiger partial charge in [0, 0.05) is 44.7 Å². The maximum atomic E-state index is 4.82. The van der Waals surface area contributed by atoms with Gasteiger partial charge in [0.15, 0.2) is 5.96 Å². The number of piperidine rings is 1. The molecule has 0 spiro atoms. The Bertz CT molecular complexity index is 476. The van der Waals surface area contributed by atoms with Crippen LogP contribution in [-0.2, 0) is 0 Å². The van der Waals surface area contributed by atoms with Gasteiger partial charge < -0.3 is 15.5 Å². The van der Waals surface area contributed by atoms with Gasteiger partial charge in [0.05, 0.1) is 0 Å². The van der Waals surface area contributed by atoms with Crippen LogP contribution in [0.3, 0.4) is 0 Å². The number of nitrogens with one attached hydrogen (secondary N) is 2. The molecular formula is C19H34N4S. The second-order valence-electron chi connectivity index (χ2n) is 7.29. The van der Waals surface area contributed by atoms with Crippen LogP contribution in [0.2, 0.25) is 0 Å². The molecule has 0 radical (unpaired) electrons. The molecule has 1 saturated heterocycles. The van der Waals surface area contributed by atoms with Crippen LogP contribution in [0.5, 0.6) is 0 Å². The monoisotopic (exact) mass is 350 g/mol. The number of nitrogens with zero attached hydrogens (tertiary/aromatic N) is 2. The minimum absolute atomic E-state index is 0.472. The molecule has 0 amide bonds. The number of guanidine groups is 1. The summed E-state index contributed by atoms with van der Waals surface area (Å²) in [5, 5.41) is 11.4. The van der Waals surface area contributed by atoms with E-state index in [0.29, 0.717) is 12.0 Å². The van der Waals surface area contributed by atoms with Crippen LogP contribution in [0, 0.1) is 5.92 Å². The summed E-state index contributed by atoms with van der Waals surface area (Å²) in [4.78, 5) is 7.41. The molecule has 0 bridgehead atoms. The molecule has 1 aliphatic rings. The largest absolute Gasteiger partial charge is 0.357 e. The van der Waals surface area contributed by atoms with Crippen LogP contribution < -0.4 is 10.6 Å². The first-order valence-corrected chi connectivity index (χ1v) is 10.3. The Balaban J connectivity index is 1.81. The summed E-state index contributed by atoms with van der Waals surface area (Å²) in [5.74, 6) is 2.20. The molecule has 1 atom stereocenters. The second-order valence-corrected chi connectivity index (χ2v) is 8.07. The van der Waals surface area contributed by atoms with E-state index in [1.807, 2.05) is 0 Å². The molecule has 1 aliphatic heterocycles. The summed E-state index contributed by atoms with van der Waals surface area (Å²) in [6.45, 7) is 14.3. The van der Waals surface area contributed by atoms with Gasteiger partial charge in [-0.05, 0) is 48.1 Å². The summed E-state index contributed by atoms with van der Waals surface area (Å²) < 4.78 is 0. The number of thiophene rings is 1. The molecule has 0 saturated carbocycles. The van der Waals surface area contributed by atoms with Crippen molar-refractivity contribution < 1.29 is 0 Å². The van der Waals surface area contributed by atoms with Gasteiger partial charge in [-0.25, -0.2) is 0 Å². The zero-order valence-corrected chi connectivity index (χ0v) is 16.5. The highest BCUT2D eigenvalue weighted by Gasteiger charge is 2.20. The first-order chi connectivity index (χ1) is 11.6. The Morgan fingerprint density at radius 3 is 2.67 bits per heavy atom. The SMILES string of the molecule is CCNC(=NCC(C)c1ccsc1)NC1CCN(CC(C)C)CC1. The van der Waals surface area contributed by atoms with E-state index >= 15 is 0 Å². The molecule has 1 aromatic rings. The van der Waals surface area contributed by atoms with E-state index in [1.165, 1.54) is 38.0 Å². The summed E-state index contributed by atoms with van der Waals surface area (Å²) in [6, 6.07) is 2.75. The Labute approximate surface area is 151 Å². The van der Waals surface area contributed by atoms with Crippen molar-refractivity contribution in [3.05, 3.63) is 22.4 Å². The van der Waals surface area contributed by atoms with Crippen molar-refractivity contribution in [2.24, 2.45) is 10.9 Å². The molecule has 2 heterocycles. The molecule has 136 valence electrons. The summed E-state index contributed by atoms with van der Waals surface area (Å²) in [5.41, 5.74) is 1.39. The standard InChI is InChI=1S/C19H34N4S/c1-5-20-19(21-12-16(4)17-8-11-24-14-17)22-18-6-9-23(10-7-18)13-15(2)3/h8,11,14-16,18H,5-7,9-10,12-13H2,1-4H3,(H2,20,21,22). The Morgan fingerprint density at radius 2 is 2.08 bits per heavy atom. The van der Waals surface area contributed by atoms with Gasteiger partial charge in [-0.2, -0.15) is 11.3 Å². The number of hydrogen-bond donors (Lipinski definition) is 2. The lowest BCUT2D eigenvalue weighted by atomic mass is 10.0. The highest BCUT2D eigenvalue weighted by atomic mass is 32.1. The van der Waals surface area contributed by atoms with E-state index in [9.17, 15) is 0 Å². The Morgan fingerprint density at radius 1 is 1.33 bits per heavy atom. The topological polar surface area (TPSA) is 39.7 Å². The number of aliphatic imine (C=N–C) groups is 1. The third kappa shape index (κ3) is 6.44. The van der Waals surface area contributed by atoms with Crippen molar-refractivity contribution in [2.45, 2.75) is 52.5 Å². The highest BCUT2D eigenvalue weighted by molar-refractivity contribution is 7.07. The third-order valence-corrected chi connectivity index (χ3v) is 5.23. The molecule has 4 nitrogen and oxygen atoms in total. The van der Waals surface area contributed by atoms with Crippen molar-refractivity contribution in [3.8, 4) is 0 Å². The molecule has 0 aliphatic carbocycles. The van der Waals surface area contributed by atoms with Gasteiger partial charge in [0.2, 0.25) is 0 Å². The van der Waals surface area contributed by atoms with E-state index in [0.717, 1.165) is 25.0 Å². The highest BCUT2D eigenvalue weighted by Crippen LogP contribution is 2.18. The zero-order valence-electron chi connectivity index (χ0n) is 15.7. The quantitative estimate of drug-likeness (QED) is 0.584. The van der Waals surface area contributed by atoms with Gasteiger partial charge in [-0.1, -0.05) is 20.8 Å². The lowest BCUT2D eigenvalue weighted by Crippen LogP contribution is -2.49. The zero-order chi connectivity index (χ0) is 17.4. The number of hydrogen-bond acceptors (Lipinski definition) is 3. The van der Waals surface area contributed by atoms with Crippen LogP contribution >= 0.6 is 11.3 Å². The van der Waals surface area contributed by atoms with E-state index in [4.69, 9.17) is 4.99 Å². The van der Waals surface area contributed by atoms with Gasteiger partial charge in [0.1, 0.15) is 0 Å². The van der Waals surface area contributed by atoms with Crippen LogP contribution in [0.15, 0.2) is 21.8 Å². The maximum absolute atomic E-state index is 4.82. The van der Waals surface area contributed by atoms with Crippen molar-refractivity contribution in [2.75, 3.05) is 32.7 Å². The van der Waals surface area contributed by atoms with Crippen LogP contribution in [0.25, 0.3) is 0 Å². The van der Waals surface area contributed by atoms with Gasteiger partial charge in [0.25, 0.3) is 0 Å². The average molecular weight is 351 g/mol. The molecule has 1 unspecified atom stereocenters. The molecule has 5 heteroatoms. The van der Waals surface area contributed by atoms with Crippen molar-refractivity contribution in [1.29, 1.82) is 0 Å². The molecule has 1 aromatic heterocycles. The summed E-state index contributed by atoms with van der Waals surface area (Å²) in [7, 11) is 0. The van der Waals surface area contributed by atoms with Gasteiger partial charge in [-0.15, -0.1) is 0 Å². The summed E-state index contributed by atoms with van der Waals surface area (Å²) in [6.07, 6.45) is 2.41. The van der Waals surface area contributed by atoms with Crippen LogP contribution in [0.1, 0.15) is 52.0 Å². The predicted octanol–water partition coefficient (Wildman–Crippen LogP) is 3.53. The lowest BCUT2D eigenvalue weighted by Gasteiger charge is -2.34. The first-order valence-electron chi connectivity index (χ1n) is 9.37. The second kappa shape index (κ2) is 10.0.